The first kappa shape index (κ1) is 8.67. The molecule has 0 aliphatic carbocycles. The molecule has 0 radical (unpaired) electrons. The van der Waals surface area contributed by atoms with Gasteiger partial charge in [0.2, 0.25) is 0 Å². The molecule has 1 unspecified atom stereocenters. The second kappa shape index (κ2) is 4.54. The Morgan fingerprint density at radius 3 is 2.33 bits per heavy atom. The van der Waals surface area contributed by atoms with E-state index < -0.39 is 9.04 Å². The van der Waals surface area contributed by atoms with Gasteiger partial charge in [0.05, 0.1) is 6.07 Å². The zero-order valence-electron chi connectivity index (χ0n) is 6.22. The Balaban J connectivity index is 3.47. The van der Waals surface area contributed by atoms with Gasteiger partial charge in [-0.1, -0.05) is 6.92 Å². The highest BCUT2D eigenvalue weighted by Crippen LogP contribution is 1.97. The van der Waals surface area contributed by atoms with E-state index in [9.17, 15) is 0 Å². The van der Waals surface area contributed by atoms with Gasteiger partial charge >= 0.3 is 0 Å². The van der Waals surface area contributed by atoms with E-state index in [0.717, 1.165) is 6.42 Å². The van der Waals surface area contributed by atoms with Crippen LogP contribution in [0, 0.1) is 11.3 Å². The third kappa shape index (κ3) is 4.19. The smallest absolute Gasteiger partial charge is 0.172 e. The molecule has 2 nitrogen and oxygen atoms in total. The fourth-order valence-corrected chi connectivity index (χ4v) is 1.46. The fraction of sp³-hybridized carbons (Fsp3) is 0.833. The first-order valence-electron chi connectivity index (χ1n) is 3.25. The van der Waals surface area contributed by atoms with Crippen molar-refractivity contribution in [1.82, 2.24) is 0 Å². The quantitative estimate of drug-likeness (QED) is 0.558. The monoisotopic (exact) mass is 143 g/mol. The van der Waals surface area contributed by atoms with Gasteiger partial charge in [0.25, 0.3) is 0 Å². The average molecular weight is 143 g/mol. The SMILES string of the molecule is CCC(C#N)O[SiH](C)C. The van der Waals surface area contributed by atoms with E-state index >= 15 is 0 Å². The lowest BCUT2D eigenvalue weighted by atomic mass is 10.3. The second-order valence-electron chi connectivity index (χ2n) is 2.21. The topological polar surface area (TPSA) is 33.0 Å². The van der Waals surface area contributed by atoms with Gasteiger partial charge in [-0.3, -0.25) is 0 Å². The Morgan fingerprint density at radius 1 is 1.67 bits per heavy atom. The van der Waals surface area contributed by atoms with Gasteiger partial charge in [-0.2, -0.15) is 5.26 Å². The standard InChI is InChI=1S/C6H13NOSi/c1-4-6(5-7)8-9(2)3/h6,9H,4H2,1-3H3. The number of hydrogen-bond donors (Lipinski definition) is 0. The third-order valence-electron chi connectivity index (χ3n) is 0.951. The van der Waals surface area contributed by atoms with Crippen LogP contribution in [-0.4, -0.2) is 15.1 Å². The molecule has 3 heteroatoms. The summed E-state index contributed by atoms with van der Waals surface area (Å²) in [6, 6.07) is 2.10. The van der Waals surface area contributed by atoms with E-state index in [4.69, 9.17) is 9.69 Å². The fourth-order valence-electron chi connectivity index (χ4n) is 0.546. The van der Waals surface area contributed by atoms with Crippen molar-refractivity contribution in [3.05, 3.63) is 0 Å². The van der Waals surface area contributed by atoms with Crippen molar-refractivity contribution in [2.24, 2.45) is 0 Å². The molecular weight excluding hydrogens is 130 g/mol. The predicted octanol–water partition coefficient (Wildman–Crippen LogP) is 1.29. The summed E-state index contributed by atoms with van der Waals surface area (Å²) >= 11 is 0. The van der Waals surface area contributed by atoms with Gasteiger partial charge < -0.3 is 4.43 Å². The molecule has 0 aliphatic heterocycles. The van der Waals surface area contributed by atoms with Crippen molar-refractivity contribution in [2.75, 3.05) is 0 Å². The van der Waals surface area contributed by atoms with Gasteiger partial charge in [0.1, 0.15) is 6.10 Å². The number of nitriles is 1. The summed E-state index contributed by atoms with van der Waals surface area (Å²) in [6.07, 6.45) is 0.651. The summed E-state index contributed by atoms with van der Waals surface area (Å²) in [7, 11) is -0.986. The molecular formula is C6H13NOSi. The van der Waals surface area contributed by atoms with E-state index in [0.29, 0.717) is 0 Å². The van der Waals surface area contributed by atoms with Crippen molar-refractivity contribution < 1.29 is 4.43 Å². The highest BCUT2D eigenvalue weighted by molar-refractivity contribution is 6.48. The minimum Gasteiger partial charge on any atom is -0.405 e. The summed E-state index contributed by atoms with van der Waals surface area (Å²) in [5, 5.41) is 8.42. The number of rotatable bonds is 3. The van der Waals surface area contributed by atoms with Crippen LogP contribution in [-0.2, 0) is 4.43 Å². The molecule has 0 aromatic carbocycles. The first-order valence-corrected chi connectivity index (χ1v) is 6.03. The Morgan fingerprint density at radius 2 is 2.22 bits per heavy atom. The lowest BCUT2D eigenvalue weighted by Crippen LogP contribution is -2.17. The van der Waals surface area contributed by atoms with Gasteiger partial charge in [0.15, 0.2) is 9.04 Å². The highest BCUT2D eigenvalue weighted by Gasteiger charge is 2.05. The van der Waals surface area contributed by atoms with Crippen LogP contribution in [0.3, 0.4) is 0 Å². The van der Waals surface area contributed by atoms with Crippen LogP contribution in [0.25, 0.3) is 0 Å². The molecule has 0 bridgehead atoms. The molecule has 0 aliphatic rings. The summed E-state index contributed by atoms with van der Waals surface area (Å²) in [4.78, 5) is 0. The Bertz CT molecular complexity index is 108. The molecule has 0 amide bonds. The van der Waals surface area contributed by atoms with Gasteiger partial charge in [-0.15, -0.1) is 0 Å². The van der Waals surface area contributed by atoms with Gasteiger partial charge in [-0.05, 0) is 19.5 Å². The highest BCUT2D eigenvalue weighted by atomic mass is 28.3. The van der Waals surface area contributed by atoms with Crippen LogP contribution in [0.1, 0.15) is 13.3 Å². The maximum Gasteiger partial charge on any atom is 0.172 e. The molecule has 0 rings (SSSR count). The molecule has 0 saturated heterocycles. The largest absolute Gasteiger partial charge is 0.405 e. The van der Waals surface area contributed by atoms with Gasteiger partial charge in [-0.25, -0.2) is 0 Å². The van der Waals surface area contributed by atoms with E-state index in [1.54, 1.807) is 0 Å². The van der Waals surface area contributed by atoms with Crippen molar-refractivity contribution in [3.63, 3.8) is 0 Å². The molecule has 0 spiro atoms. The van der Waals surface area contributed by atoms with Crippen LogP contribution >= 0.6 is 0 Å². The Hall–Kier alpha value is -0.333. The molecule has 0 heterocycles. The molecule has 1 atom stereocenters. The Kier molecular flexibility index (Phi) is 4.37. The van der Waals surface area contributed by atoms with Crippen LogP contribution in [0.15, 0.2) is 0 Å². The lowest BCUT2D eigenvalue weighted by molar-refractivity contribution is 0.257. The van der Waals surface area contributed by atoms with E-state index in [1.165, 1.54) is 0 Å². The van der Waals surface area contributed by atoms with Crippen molar-refractivity contribution >= 4 is 9.04 Å². The summed E-state index contributed by atoms with van der Waals surface area (Å²) < 4.78 is 5.33. The molecule has 0 N–H and O–H groups in total. The van der Waals surface area contributed by atoms with Crippen molar-refractivity contribution in [3.8, 4) is 6.07 Å². The summed E-state index contributed by atoms with van der Waals surface area (Å²) in [5.41, 5.74) is 0. The molecule has 0 aromatic heterocycles. The minimum atomic E-state index is -0.986. The zero-order valence-corrected chi connectivity index (χ0v) is 7.37. The number of nitrogens with zero attached hydrogens (tertiary/aromatic N) is 1. The molecule has 0 saturated carbocycles. The maximum atomic E-state index is 8.42. The van der Waals surface area contributed by atoms with E-state index in [1.807, 2.05) is 6.92 Å². The van der Waals surface area contributed by atoms with E-state index in [2.05, 4.69) is 19.2 Å². The summed E-state index contributed by atoms with van der Waals surface area (Å²) in [5.74, 6) is 0. The molecule has 52 valence electrons. The zero-order chi connectivity index (χ0) is 7.28. The van der Waals surface area contributed by atoms with Crippen molar-refractivity contribution in [1.29, 1.82) is 5.26 Å². The van der Waals surface area contributed by atoms with Crippen LogP contribution in [0.5, 0.6) is 0 Å². The normalized spacial score (nSPS) is 13.2. The second-order valence-corrected chi connectivity index (χ2v) is 4.58. The predicted molar refractivity (Wildman–Crippen MR) is 39.7 cm³/mol. The van der Waals surface area contributed by atoms with Crippen molar-refractivity contribution in [2.45, 2.75) is 32.5 Å². The Labute approximate surface area is 58.2 Å². The maximum absolute atomic E-state index is 8.42. The lowest BCUT2D eigenvalue weighted by Gasteiger charge is -2.09. The first-order chi connectivity index (χ1) is 4.20. The number of hydrogen-bond acceptors (Lipinski definition) is 2. The van der Waals surface area contributed by atoms with Crippen LogP contribution in [0.2, 0.25) is 13.1 Å². The van der Waals surface area contributed by atoms with Gasteiger partial charge in [0, 0.05) is 0 Å². The van der Waals surface area contributed by atoms with E-state index in [-0.39, 0.29) is 6.10 Å². The summed E-state index contributed by atoms with van der Waals surface area (Å²) in [6.45, 7) is 6.10. The van der Waals surface area contributed by atoms with Crippen LogP contribution in [0.4, 0.5) is 0 Å². The minimum absolute atomic E-state index is 0.156. The molecule has 0 aromatic rings. The van der Waals surface area contributed by atoms with Crippen LogP contribution < -0.4 is 0 Å². The molecule has 9 heavy (non-hydrogen) atoms. The third-order valence-corrected chi connectivity index (χ3v) is 1.82. The molecule has 0 fully saturated rings. The average Bonchev–Trinajstić information content (AvgIpc) is 1.82.